The van der Waals surface area contributed by atoms with Crippen LogP contribution in [0.5, 0.6) is 0 Å². The molecule has 156 valence electrons. The van der Waals surface area contributed by atoms with Crippen LogP contribution < -0.4 is 0 Å². The molecule has 1 aliphatic rings. The molecule has 0 radical (unpaired) electrons. The third kappa shape index (κ3) is 7.16. The molecule has 0 aliphatic heterocycles. The van der Waals surface area contributed by atoms with Gasteiger partial charge in [0.1, 0.15) is 0 Å². The minimum atomic E-state index is -0.164. The van der Waals surface area contributed by atoms with Crippen molar-refractivity contribution >= 4 is 62.5 Å². The Morgan fingerprint density at radius 1 is 0.889 bits per heavy atom. The van der Waals surface area contributed by atoms with Gasteiger partial charge in [0.05, 0.1) is 23.7 Å². The highest BCUT2D eigenvalue weighted by atomic mass is 32.2. The summed E-state index contributed by atoms with van der Waals surface area (Å²) in [4.78, 5) is 12.9. The van der Waals surface area contributed by atoms with Crippen molar-refractivity contribution in [3.8, 4) is 0 Å². The van der Waals surface area contributed by atoms with E-state index in [1.54, 1.807) is 0 Å². The molecular weight excluding hydrogens is 416 g/mol. The van der Waals surface area contributed by atoms with Crippen molar-refractivity contribution in [3.63, 3.8) is 0 Å². The Balaban J connectivity index is 2.74. The number of thioether (sulfide) groups is 2. The maximum Gasteiger partial charge on any atom is 0.220 e. The molecule has 0 amide bonds. The summed E-state index contributed by atoms with van der Waals surface area (Å²) in [5.41, 5.74) is -0.0532. The van der Waals surface area contributed by atoms with Crippen molar-refractivity contribution in [1.29, 1.82) is 0 Å². The van der Waals surface area contributed by atoms with E-state index in [2.05, 4.69) is 55.4 Å². The minimum Gasteiger partial charge on any atom is -0.478 e. The number of hydrogen-bond acceptors (Lipinski definition) is 7. The van der Waals surface area contributed by atoms with E-state index in [9.17, 15) is 4.79 Å². The van der Waals surface area contributed by atoms with Crippen molar-refractivity contribution < 1.29 is 14.3 Å². The van der Waals surface area contributed by atoms with Crippen LogP contribution in [0.2, 0.25) is 0 Å². The number of thiocarbonyl (C=S) groups is 2. The highest BCUT2D eigenvalue weighted by molar-refractivity contribution is 8.25. The van der Waals surface area contributed by atoms with Gasteiger partial charge in [-0.2, -0.15) is 0 Å². The maximum absolute atomic E-state index is 12.9. The van der Waals surface area contributed by atoms with Gasteiger partial charge < -0.3 is 9.47 Å². The van der Waals surface area contributed by atoms with Gasteiger partial charge in [-0.3, -0.25) is 4.79 Å². The van der Waals surface area contributed by atoms with Crippen molar-refractivity contribution in [2.45, 2.75) is 78.7 Å². The zero-order valence-corrected chi connectivity index (χ0v) is 21.1. The van der Waals surface area contributed by atoms with E-state index < -0.39 is 0 Å². The van der Waals surface area contributed by atoms with Crippen LogP contribution >= 0.6 is 48.0 Å². The Bertz CT molecular complexity index is 513. The molecule has 1 saturated carbocycles. The fraction of sp³-hybridized carbons (Fsp3) is 0.850. The molecule has 7 heteroatoms. The predicted octanol–water partition coefficient (Wildman–Crippen LogP) is 6.27. The number of carbonyl (C=O) groups excluding carboxylic acids is 1. The highest BCUT2D eigenvalue weighted by Gasteiger charge is 2.61. The SMILES string of the molecule is CCC1(CC)[C@H](SC(=S)OCC(C)(C)C)C(=O)[C@@H]1SC(=S)OCC(C)(C)C. The Morgan fingerprint density at radius 2 is 1.22 bits per heavy atom. The predicted molar refractivity (Wildman–Crippen MR) is 127 cm³/mol. The molecule has 1 fully saturated rings. The first-order valence-electron chi connectivity index (χ1n) is 9.46. The van der Waals surface area contributed by atoms with Gasteiger partial charge in [0.15, 0.2) is 5.78 Å². The molecule has 0 aromatic rings. The van der Waals surface area contributed by atoms with Crippen LogP contribution in [-0.2, 0) is 14.3 Å². The molecule has 0 N–H and O–H groups in total. The van der Waals surface area contributed by atoms with E-state index in [-0.39, 0.29) is 32.5 Å². The van der Waals surface area contributed by atoms with E-state index in [1.165, 1.54) is 23.5 Å². The third-order valence-corrected chi connectivity index (χ3v) is 7.86. The second-order valence-corrected chi connectivity index (χ2v) is 13.0. The summed E-state index contributed by atoms with van der Waals surface area (Å²) in [5, 5.41) is -0.328. The fourth-order valence-corrected chi connectivity index (χ4v) is 6.32. The van der Waals surface area contributed by atoms with Gasteiger partial charge >= 0.3 is 0 Å². The third-order valence-electron chi connectivity index (χ3n) is 4.55. The lowest BCUT2D eigenvalue weighted by molar-refractivity contribution is -0.130. The van der Waals surface area contributed by atoms with Gasteiger partial charge in [-0.05, 0) is 48.1 Å². The lowest BCUT2D eigenvalue weighted by atomic mass is 9.63. The van der Waals surface area contributed by atoms with Gasteiger partial charge in [-0.15, -0.1) is 0 Å². The maximum atomic E-state index is 12.9. The van der Waals surface area contributed by atoms with Gasteiger partial charge in [0, 0.05) is 5.41 Å². The van der Waals surface area contributed by atoms with Gasteiger partial charge in [0.2, 0.25) is 8.77 Å². The molecular formula is C20H34O3S4. The minimum absolute atomic E-state index is 0.0375. The number of Topliss-reactive ketones (excluding diaryl/α,β-unsaturated/α-hetero) is 1. The number of hydrogen-bond donors (Lipinski definition) is 0. The average Bonchev–Trinajstić information content (AvgIpc) is 2.55. The van der Waals surface area contributed by atoms with E-state index in [1.807, 2.05) is 0 Å². The Labute approximate surface area is 184 Å². The molecule has 0 bridgehead atoms. The molecule has 1 rings (SSSR count). The Kier molecular flexibility index (Phi) is 9.11. The molecule has 0 saturated heterocycles. The van der Waals surface area contributed by atoms with E-state index in [0.717, 1.165) is 12.8 Å². The van der Waals surface area contributed by atoms with Crippen LogP contribution in [-0.4, -0.2) is 38.3 Å². The number of ether oxygens (including phenoxy) is 2. The van der Waals surface area contributed by atoms with Crippen molar-refractivity contribution in [2.24, 2.45) is 16.2 Å². The normalized spacial score (nSPS) is 22.1. The zero-order chi connectivity index (χ0) is 21.0. The summed E-state index contributed by atoms with van der Waals surface area (Å²) < 4.78 is 12.4. The van der Waals surface area contributed by atoms with Crippen molar-refractivity contribution in [1.82, 2.24) is 0 Å². The van der Waals surface area contributed by atoms with E-state index in [0.29, 0.717) is 22.0 Å². The topological polar surface area (TPSA) is 35.5 Å². The van der Waals surface area contributed by atoms with Gasteiger partial charge in [-0.1, -0.05) is 78.9 Å². The highest BCUT2D eigenvalue weighted by Crippen LogP contribution is 2.56. The molecule has 0 heterocycles. The molecule has 0 aromatic heterocycles. The molecule has 3 nitrogen and oxygen atoms in total. The quantitative estimate of drug-likeness (QED) is 0.441. The number of rotatable bonds is 6. The smallest absolute Gasteiger partial charge is 0.220 e. The molecule has 0 unspecified atom stereocenters. The summed E-state index contributed by atoms with van der Waals surface area (Å²) in [6, 6.07) is 0. The first kappa shape index (κ1) is 25.2. The van der Waals surface area contributed by atoms with Crippen LogP contribution in [0.3, 0.4) is 0 Å². The van der Waals surface area contributed by atoms with E-state index in [4.69, 9.17) is 33.9 Å². The summed E-state index contributed by atoms with van der Waals surface area (Å²) >= 11 is 13.6. The largest absolute Gasteiger partial charge is 0.478 e. The first-order chi connectivity index (χ1) is 12.3. The Hall–Kier alpha value is 0.150. The molecule has 2 atom stereocenters. The molecule has 1 aliphatic carbocycles. The zero-order valence-electron chi connectivity index (χ0n) is 17.8. The van der Waals surface area contributed by atoms with Crippen LogP contribution in [0.25, 0.3) is 0 Å². The van der Waals surface area contributed by atoms with E-state index >= 15 is 0 Å². The average molecular weight is 451 g/mol. The molecule has 0 aromatic carbocycles. The van der Waals surface area contributed by atoms with Crippen molar-refractivity contribution in [3.05, 3.63) is 0 Å². The second kappa shape index (κ2) is 9.77. The monoisotopic (exact) mass is 450 g/mol. The fourth-order valence-electron chi connectivity index (χ4n) is 2.90. The first-order valence-corrected chi connectivity index (χ1v) is 12.0. The van der Waals surface area contributed by atoms with Gasteiger partial charge in [0.25, 0.3) is 0 Å². The molecule has 0 spiro atoms. The standard InChI is InChI=1S/C20H34O3S4/c1-9-20(10-2)14(26-16(24)22-11-18(3,4)5)13(21)15(20)27-17(25)23-12-19(6,7)8/h14-15H,9-12H2,1-8H3/t14-,15+. The van der Waals surface area contributed by atoms with Gasteiger partial charge in [-0.25, -0.2) is 0 Å². The van der Waals surface area contributed by atoms with Crippen LogP contribution in [0.4, 0.5) is 0 Å². The van der Waals surface area contributed by atoms with Crippen LogP contribution in [0.15, 0.2) is 0 Å². The summed E-state index contributed by atoms with van der Waals surface area (Å²) in [5.74, 6) is 0.192. The number of carbonyl (C=O) groups is 1. The van der Waals surface area contributed by atoms with Crippen molar-refractivity contribution in [2.75, 3.05) is 13.2 Å². The van der Waals surface area contributed by atoms with Crippen LogP contribution in [0.1, 0.15) is 68.2 Å². The molecule has 27 heavy (non-hydrogen) atoms. The second-order valence-electron chi connectivity index (χ2n) is 9.54. The summed E-state index contributed by atoms with van der Waals surface area (Å²) in [7, 11) is 0. The summed E-state index contributed by atoms with van der Waals surface area (Å²) in [6.45, 7) is 18.0. The van der Waals surface area contributed by atoms with Crippen LogP contribution in [0, 0.1) is 16.2 Å². The lowest BCUT2D eigenvalue weighted by Crippen LogP contribution is -2.62. The Morgan fingerprint density at radius 3 is 1.48 bits per heavy atom. The number of ketones is 1. The lowest BCUT2D eigenvalue weighted by Gasteiger charge is -2.52. The summed E-state index contributed by atoms with van der Waals surface area (Å²) in [6.07, 6.45) is 1.79.